The quantitative estimate of drug-likeness (QED) is 0.790. The molecule has 8 heteroatoms. The number of benzene rings is 1. The largest absolute Gasteiger partial charge is 0.345 e. The standard InChI is InChI=1S/C18H20N2O4S2/c1-11(12-5-7-14(8-6-12)26(2,23)24)19-18(22)15-9-10-16(25-15)20-17(21)13-3-4-13/h5-11,13H,3-4H2,1-2H3,(H,19,22)(H,20,21)/t11-/m1/s1. The molecule has 0 spiro atoms. The van der Waals surface area contributed by atoms with E-state index in [9.17, 15) is 18.0 Å². The lowest BCUT2D eigenvalue weighted by atomic mass is 10.1. The molecule has 0 saturated heterocycles. The fourth-order valence-electron chi connectivity index (χ4n) is 2.45. The van der Waals surface area contributed by atoms with E-state index in [-0.39, 0.29) is 28.7 Å². The van der Waals surface area contributed by atoms with Gasteiger partial charge in [-0.1, -0.05) is 12.1 Å². The number of anilines is 1. The van der Waals surface area contributed by atoms with Crippen LogP contribution in [0.1, 0.15) is 41.0 Å². The maximum Gasteiger partial charge on any atom is 0.261 e. The van der Waals surface area contributed by atoms with E-state index in [1.165, 1.54) is 23.5 Å². The SMILES string of the molecule is C[C@@H](NC(=O)c1ccc(NC(=O)C2CC2)s1)c1ccc(S(C)(=O)=O)cc1. The van der Waals surface area contributed by atoms with Gasteiger partial charge in [-0.2, -0.15) is 0 Å². The molecule has 1 aromatic heterocycles. The van der Waals surface area contributed by atoms with Crippen molar-refractivity contribution >= 4 is 38.0 Å². The molecule has 2 N–H and O–H groups in total. The van der Waals surface area contributed by atoms with Crippen LogP contribution in [0.5, 0.6) is 0 Å². The monoisotopic (exact) mass is 392 g/mol. The number of amides is 2. The van der Waals surface area contributed by atoms with Crippen LogP contribution >= 0.6 is 11.3 Å². The van der Waals surface area contributed by atoms with Crippen molar-refractivity contribution in [2.45, 2.75) is 30.7 Å². The van der Waals surface area contributed by atoms with Crippen LogP contribution in [0.3, 0.4) is 0 Å². The fraction of sp³-hybridized carbons (Fsp3) is 0.333. The molecule has 0 bridgehead atoms. The Kier molecular flexibility index (Phi) is 5.15. The lowest BCUT2D eigenvalue weighted by molar-refractivity contribution is -0.117. The van der Waals surface area contributed by atoms with Gasteiger partial charge in [-0.3, -0.25) is 9.59 Å². The summed E-state index contributed by atoms with van der Waals surface area (Å²) in [6.07, 6.45) is 3.02. The Morgan fingerprint density at radius 1 is 1.12 bits per heavy atom. The average Bonchev–Trinajstić information content (AvgIpc) is 3.34. The summed E-state index contributed by atoms with van der Waals surface area (Å²) in [4.78, 5) is 24.9. The highest BCUT2D eigenvalue weighted by atomic mass is 32.2. The molecule has 1 fully saturated rings. The van der Waals surface area contributed by atoms with E-state index < -0.39 is 9.84 Å². The molecule has 0 radical (unpaired) electrons. The number of hydrogen-bond donors (Lipinski definition) is 2. The molecule has 1 heterocycles. The maximum atomic E-state index is 12.4. The van der Waals surface area contributed by atoms with Crippen LogP contribution < -0.4 is 10.6 Å². The Hall–Kier alpha value is -2.19. The first-order chi connectivity index (χ1) is 12.2. The van der Waals surface area contributed by atoms with Crippen LogP contribution in [0.15, 0.2) is 41.3 Å². The zero-order valence-electron chi connectivity index (χ0n) is 14.5. The normalized spacial score (nSPS) is 15.3. The number of hydrogen-bond acceptors (Lipinski definition) is 5. The predicted molar refractivity (Wildman–Crippen MR) is 101 cm³/mol. The number of carbonyl (C=O) groups is 2. The zero-order chi connectivity index (χ0) is 18.9. The van der Waals surface area contributed by atoms with Crippen molar-refractivity contribution in [1.82, 2.24) is 5.32 Å². The van der Waals surface area contributed by atoms with Gasteiger partial charge in [0.1, 0.15) is 0 Å². The molecular weight excluding hydrogens is 372 g/mol. The highest BCUT2D eigenvalue weighted by molar-refractivity contribution is 7.90. The van der Waals surface area contributed by atoms with Crippen molar-refractivity contribution in [2.75, 3.05) is 11.6 Å². The summed E-state index contributed by atoms with van der Waals surface area (Å²) in [5, 5.41) is 6.37. The van der Waals surface area contributed by atoms with E-state index in [1.54, 1.807) is 24.3 Å². The molecule has 6 nitrogen and oxygen atoms in total. The Morgan fingerprint density at radius 3 is 2.35 bits per heavy atom. The minimum absolute atomic E-state index is 0.0122. The van der Waals surface area contributed by atoms with Crippen molar-refractivity contribution in [3.05, 3.63) is 46.8 Å². The summed E-state index contributed by atoms with van der Waals surface area (Å²) in [6.45, 7) is 1.83. The second-order valence-electron chi connectivity index (χ2n) is 6.46. The number of sulfone groups is 1. The van der Waals surface area contributed by atoms with Gasteiger partial charge >= 0.3 is 0 Å². The van der Waals surface area contributed by atoms with Gasteiger partial charge in [0.15, 0.2) is 9.84 Å². The average molecular weight is 393 g/mol. The number of nitrogens with one attached hydrogen (secondary N) is 2. The molecule has 138 valence electrons. The number of rotatable bonds is 6. The van der Waals surface area contributed by atoms with Crippen LogP contribution in [0, 0.1) is 5.92 Å². The van der Waals surface area contributed by atoms with Crippen LogP contribution in [-0.2, 0) is 14.6 Å². The lowest BCUT2D eigenvalue weighted by Gasteiger charge is -2.14. The topological polar surface area (TPSA) is 92.3 Å². The summed E-state index contributed by atoms with van der Waals surface area (Å²) >= 11 is 1.23. The van der Waals surface area contributed by atoms with Crippen molar-refractivity contribution < 1.29 is 18.0 Å². The first-order valence-corrected chi connectivity index (χ1v) is 11.0. The van der Waals surface area contributed by atoms with Crippen molar-refractivity contribution in [3.8, 4) is 0 Å². The highest BCUT2D eigenvalue weighted by Gasteiger charge is 2.30. The van der Waals surface area contributed by atoms with E-state index in [1.807, 2.05) is 6.92 Å². The molecule has 1 saturated carbocycles. The molecule has 1 atom stereocenters. The number of thiophene rings is 1. The Balaban J connectivity index is 1.62. The second kappa shape index (κ2) is 7.20. The first kappa shape index (κ1) is 18.6. The van der Waals surface area contributed by atoms with Crippen molar-refractivity contribution in [3.63, 3.8) is 0 Å². The van der Waals surface area contributed by atoms with E-state index in [2.05, 4.69) is 10.6 Å². The highest BCUT2D eigenvalue weighted by Crippen LogP contribution is 2.31. The van der Waals surface area contributed by atoms with Gasteiger partial charge in [0.2, 0.25) is 5.91 Å². The summed E-state index contributed by atoms with van der Waals surface area (Å²) in [5.41, 5.74) is 0.810. The number of carbonyl (C=O) groups excluding carboxylic acids is 2. The van der Waals surface area contributed by atoms with Gasteiger partial charge < -0.3 is 10.6 Å². The summed E-state index contributed by atoms with van der Waals surface area (Å²) in [6, 6.07) is 9.58. The molecule has 0 aliphatic heterocycles. The lowest BCUT2D eigenvalue weighted by Crippen LogP contribution is -2.25. The summed E-state index contributed by atoms with van der Waals surface area (Å²) in [7, 11) is -3.24. The summed E-state index contributed by atoms with van der Waals surface area (Å²) in [5.74, 6) is -0.107. The van der Waals surface area contributed by atoms with E-state index in [4.69, 9.17) is 0 Å². The Labute approximate surface area is 156 Å². The molecule has 26 heavy (non-hydrogen) atoms. The van der Waals surface area contributed by atoms with E-state index in [0.29, 0.717) is 9.88 Å². The van der Waals surface area contributed by atoms with Crippen LogP contribution in [0.4, 0.5) is 5.00 Å². The molecule has 1 aliphatic rings. The van der Waals surface area contributed by atoms with Crippen LogP contribution in [0.25, 0.3) is 0 Å². The van der Waals surface area contributed by atoms with E-state index >= 15 is 0 Å². The van der Waals surface area contributed by atoms with Crippen LogP contribution in [0.2, 0.25) is 0 Å². The molecule has 2 aromatic rings. The minimum Gasteiger partial charge on any atom is -0.345 e. The second-order valence-corrected chi connectivity index (χ2v) is 9.56. The van der Waals surface area contributed by atoms with Gasteiger partial charge in [-0.15, -0.1) is 11.3 Å². The zero-order valence-corrected chi connectivity index (χ0v) is 16.1. The summed E-state index contributed by atoms with van der Waals surface area (Å²) < 4.78 is 23.0. The van der Waals surface area contributed by atoms with Gasteiger partial charge in [0.25, 0.3) is 5.91 Å². The maximum absolute atomic E-state index is 12.4. The fourth-order valence-corrected chi connectivity index (χ4v) is 3.89. The van der Waals surface area contributed by atoms with Gasteiger partial charge in [-0.05, 0) is 49.6 Å². The third kappa shape index (κ3) is 4.50. The molecule has 2 amide bonds. The first-order valence-electron chi connectivity index (χ1n) is 8.25. The van der Waals surface area contributed by atoms with E-state index in [0.717, 1.165) is 24.7 Å². The molecular formula is C18H20N2O4S2. The molecule has 1 aliphatic carbocycles. The van der Waals surface area contributed by atoms with Gasteiger partial charge in [0.05, 0.1) is 20.8 Å². The smallest absolute Gasteiger partial charge is 0.261 e. The predicted octanol–water partition coefficient (Wildman–Crippen LogP) is 2.99. The third-order valence-corrected chi connectivity index (χ3v) is 6.31. The van der Waals surface area contributed by atoms with Crippen molar-refractivity contribution in [1.29, 1.82) is 0 Å². The molecule has 1 aromatic carbocycles. The third-order valence-electron chi connectivity index (χ3n) is 4.18. The molecule has 0 unspecified atom stereocenters. The Morgan fingerprint density at radius 2 is 1.77 bits per heavy atom. The minimum atomic E-state index is -3.24. The Bertz CT molecular complexity index is 928. The van der Waals surface area contributed by atoms with Crippen molar-refractivity contribution in [2.24, 2.45) is 5.92 Å². The molecule has 3 rings (SSSR count). The van der Waals surface area contributed by atoms with Crippen LogP contribution in [-0.4, -0.2) is 26.5 Å². The van der Waals surface area contributed by atoms with Gasteiger partial charge in [-0.25, -0.2) is 8.42 Å². The van der Waals surface area contributed by atoms with Gasteiger partial charge in [0, 0.05) is 12.2 Å².